The molecule has 0 N–H and O–H groups in total. The van der Waals surface area contributed by atoms with Crippen LogP contribution in [0.2, 0.25) is 0 Å². The largest absolute Gasteiger partial charge is 0.179 e. The first kappa shape index (κ1) is 12.9. The SMILES string of the molecule is Cc1ccc(C=NN=C2CC(c3ccccc3)N=N2)s1. The second-order valence-electron chi connectivity index (χ2n) is 4.56. The third-order valence-electron chi connectivity index (χ3n) is 2.99. The van der Waals surface area contributed by atoms with Crippen molar-refractivity contribution in [2.24, 2.45) is 20.4 Å². The molecule has 0 amide bonds. The van der Waals surface area contributed by atoms with Gasteiger partial charge in [-0.2, -0.15) is 10.2 Å². The number of hydrogen-bond donors (Lipinski definition) is 0. The lowest BCUT2D eigenvalue weighted by molar-refractivity contribution is 0.773. The molecule has 1 aliphatic heterocycles. The van der Waals surface area contributed by atoms with Gasteiger partial charge >= 0.3 is 0 Å². The molecule has 0 fully saturated rings. The standard InChI is InChI=1S/C15H14N4S/c1-11-7-8-13(20-11)10-16-18-15-9-14(17-19-15)12-5-3-2-4-6-12/h2-8,10,14H,9H2,1H3. The molecular formula is C15H14N4S. The van der Waals surface area contributed by atoms with E-state index in [0.29, 0.717) is 12.3 Å². The second kappa shape index (κ2) is 5.88. The fraction of sp³-hybridized carbons (Fsp3) is 0.200. The summed E-state index contributed by atoms with van der Waals surface area (Å²) in [5, 5.41) is 16.6. The number of benzene rings is 1. The molecule has 1 aromatic heterocycles. The molecule has 0 saturated carbocycles. The number of thiophene rings is 1. The first-order valence-corrected chi connectivity index (χ1v) is 7.25. The number of aryl methyl sites for hydroxylation is 1. The zero-order chi connectivity index (χ0) is 13.8. The molecular weight excluding hydrogens is 268 g/mol. The smallest absolute Gasteiger partial charge is 0.175 e. The van der Waals surface area contributed by atoms with Gasteiger partial charge in [0.05, 0.1) is 6.21 Å². The number of hydrogen-bond acceptors (Lipinski definition) is 4. The van der Waals surface area contributed by atoms with E-state index in [4.69, 9.17) is 0 Å². The Balaban J connectivity index is 1.64. The fourth-order valence-electron chi connectivity index (χ4n) is 1.99. The van der Waals surface area contributed by atoms with Gasteiger partial charge in [-0.25, -0.2) is 0 Å². The predicted octanol–water partition coefficient (Wildman–Crippen LogP) is 4.39. The van der Waals surface area contributed by atoms with Crippen molar-refractivity contribution < 1.29 is 0 Å². The van der Waals surface area contributed by atoms with E-state index in [1.54, 1.807) is 17.6 Å². The fourth-order valence-corrected chi connectivity index (χ4v) is 2.73. The van der Waals surface area contributed by atoms with Crippen LogP contribution in [0.3, 0.4) is 0 Å². The van der Waals surface area contributed by atoms with Gasteiger partial charge in [0.1, 0.15) is 6.04 Å². The lowest BCUT2D eigenvalue weighted by Crippen LogP contribution is -1.95. The molecule has 20 heavy (non-hydrogen) atoms. The number of amidine groups is 1. The Morgan fingerprint density at radius 3 is 2.80 bits per heavy atom. The highest BCUT2D eigenvalue weighted by atomic mass is 32.1. The summed E-state index contributed by atoms with van der Waals surface area (Å²) in [6.07, 6.45) is 2.47. The molecule has 2 aromatic rings. The number of nitrogens with zero attached hydrogens (tertiary/aromatic N) is 4. The number of rotatable bonds is 3. The summed E-state index contributed by atoms with van der Waals surface area (Å²) in [7, 11) is 0. The summed E-state index contributed by atoms with van der Waals surface area (Å²) in [6, 6.07) is 14.3. The number of azo groups is 1. The highest BCUT2D eigenvalue weighted by molar-refractivity contribution is 7.13. The summed E-state index contributed by atoms with van der Waals surface area (Å²) in [6.45, 7) is 2.07. The molecule has 100 valence electrons. The summed E-state index contributed by atoms with van der Waals surface area (Å²) in [5.41, 5.74) is 1.17. The van der Waals surface area contributed by atoms with Gasteiger partial charge in [0.15, 0.2) is 5.84 Å². The topological polar surface area (TPSA) is 49.4 Å². The van der Waals surface area contributed by atoms with Crippen molar-refractivity contribution in [2.75, 3.05) is 0 Å². The average Bonchev–Trinajstić information content (AvgIpc) is 3.09. The van der Waals surface area contributed by atoms with Crippen LogP contribution in [0, 0.1) is 6.92 Å². The maximum Gasteiger partial charge on any atom is 0.175 e. The summed E-state index contributed by atoms with van der Waals surface area (Å²) in [5.74, 6) is 0.684. The molecule has 2 heterocycles. The molecule has 0 bridgehead atoms. The molecule has 0 saturated heterocycles. The minimum Gasteiger partial charge on any atom is -0.179 e. The van der Waals surface area contributed by atoms with Gasteiger partial charge in [0, 0.05) is 16.2 Å². The van der Waals surface area contributed by atoms with Crippen molar-refractivity contribution >= 4 is 23.4 Å². The van der Waals surface area contributed by atoms with Crippen molar-refractivity contribution in [3.63, 3.8) is 0 Å². The first-order valence-electron chi connectivity index (χ1n) is 6.43. The Kier molecular flexibility index (Phi) is 3.78. The van der Waals surface area contributed by atoms with Crippen molar-refractivity contribution in [1.82, 2.24) is 0 Å². The van der Waals surface area contributed by atoms with Crippen LogP contribution in [0.4, 0.5) is 0 Å². The lowest BCUT2D eigenvalue weighted by atomic mass is 10.1. The minimum absolute atomic E-state index is 0.0779. The van der Waals surface area contributed by atoms with E-state index in [1.165, 1.54) is 10.4 Å². The molecule has 3 rings (SSSR count). The normalized spacial score (nSPS) is 20.2. The van der Waals surface area contributed by atoms with Crippen molar-refractivity contribution in [1.29, 1.82) is 0 Å². The van der Waals surface area contributed by atoms with Gasteiger partial charge in [-0.15, -0.1) is 21.6 Å². The molecule has 0 spiro atoms. The van der Waals surface area contributed by atoms with Crippen LogP contribution in [-0.4, -0.2) is 12.1 Å². The van der Waals surface area contributed by atoms with Gasteiger partial charge in [-0.1, -0.05) is 30.3 Å². The Hall–Kier alpha value is -2.14. The maximum absolute atomic E-state index is 4.24. The van der Waals surface area contributed by atoms with Crippen LogP contribution in [-0.2, 0) is 0 Å². The first-order chi connectivity index (χ1) is 9.81. The van der Waals surface area contributed by atoms with Gasteiger partial charge in [0.2, 0.25) is 0 Å². The van der Waals surface area contributed by atoms with Crippen molar-refractivity contribution in [3.05, 3.63) is 57.8 Å². The summed E-state index contributed by atoms with van der Waals surface area (Å²) >= 11 is 1.70. The zero-order valence-electron chi connectivity index (χ0n) is 11.1. The Labute approximate surface area is 121 Å². The Morgan fingerprint density at radius 2 is 2.05 bits per heavy atom. The van der Waals surface area contributed by atoms with E-state index < -0.39 is 0 Å². The minimum atomic E-state index is 0.0779. The van der Waals surface area contributed by atoms with Gasteiger partial charge < -0.3 is 0 Å². The zero-order valence-corrected chi connectivity index (χ0v) is 11.9. The monoisotopic (exact) mass is 282 g/mol. The Morgan fingerprint density at radius 1 is 1.20 bits per heavy atom. The second-order valence-corrected chi connectivity index (χ2v) is 5.87. The average molecular weight is 282 g/mol. The van der Waals surface area contributed by atoms with Crippen LogP contribution in [0.15, 0.2) is 62.9 Å². The van der Waals surface area contributed by atoms with Crippen molar-refractivity contribution in [3.8, 4) is 0 Å². The van der Waals surface area contributed by atoms with E-state index >= 15 is 0 Å². The van der Waals surface area contributed by atoms with Crippen LogP contribution >= 0.6 is 11.3 Å². The third kappa shape index (κ3) is 3.05. The van der Waals surface area contributed by atoms with E-state index in [1.807, 2.05) is 24.3 Å². The molecule has 0 aliphatic carbocycles. The molecule has 1 atom stereocenters. The molecule has 0 radical (unpaired) electrons. The third-order valence-corrected chi connectivity index (χ3v) is 3.93. The lowest BCUT2D eigenvalue weighted by Gasteiger charge is -2.02. The molecule has 5 heteroatoms. The van der Waals surface area contributed by atoms with E-state index in [-0.39, 0.29) is 6.04 Å². The summed E-state index contributed by atoms with van der Waals surface area (Å²) < 4.78 is 0. The Bertz CT molecular complexity index is 670. The van der Waals surface area contributed by atoms with Crippen LogP contribution in [0.25, 0.3) is 0 Å². The molecule has 1 unspecified atom stereocenters. The highest BCUT2D eigenvalue weighted by Gasteiger charge is 2.19. The van der Waals surface area contributed by atoms with Gasteiger partial charge in [-0.05, 0) is 24.6 Å². The van der Waals surface area contributed by atoms with Crippen LogP contribution in [0.5, 0.6) is 0 Å². The maximum atomic E-state index is 4.24. The van der Waals surface area contributed by atoms with Crippen molar-refractivity contribution in [2.45, 2.75) is 19.4 Å². The molecule has 1 aromatic carbocycles. The van der Waals surface area contributed by atoms with Gasteiger partial charge in [0.25, 0.3) is 0 Å². The molecule has 4 nitrogen and oxygen atoms in total. The van der Waals surface area contributed by atoms with E-state index in [0.717, 1.165) is 4.88 Å². The van der Waals surface area contributed by atoms with E-state index in [2.05, 4.69) is 45.6 Å². The van der Waals surface area contributed by atoms with Crippen LogP contribution in [0.1, 0.15) is 27.8 Å². The summed E-state index contributed by atoms with van der Waals surface area (Å²) in [4.78, 5) is 2.37. The predicted molar refractivity (Wildman–Crippen MR) is 82.7 cm³/mol. The highest BCUT2D eigenvalue weighted by Crippen LogP contribution is 2.27. The van der Waals surface area contributed by atoms with Crippen LogP contribution < -0.4 is 0 Å². The van der Waals surface area contributed by atoms with Gasteiger partial charge in [-0.3, -0.25) is 0 Å². The molecule has 1 aliphatic rings. The van der Waals surface area contributed by atoms with E-state index in [9.17, 15) is 0 Å². The quantitative estimate of drug-likeness (QED) is 0.592.